The summed E-state index contributed by atoms with van der Waals surface area (Å²) in [4.78, 5) is 21.7. The predicted octanol–water partition coefficient (Wildman–Crippen LogP) is 5.73. The average molecular weight is 429 g/mol. The molecule has 7 heteroatoms. The minimum absolute atomic E-state index is 0.416. The Labute approximate surface area is 183 Å². The van der Waals surface area contributed by atoms with Gasteiger partial charge < -0.3 is 10.1 Å². The summed E-state index contributed by atoms with van der Waals surface area (Å²) < 4.78 is 6.76. The highest BCUT2D eigenvalue weighted by Gasteiger charge is 2.15. The number of ether oxygens (including phenoxy) is 1. The number of methoxy groups -OCH3 is 1. The molecule has 0 radical (unpaired) electrons. The van der Waals surface area contributed by atoms with Gasteiger partial charge in [-0.25, -0.2) is 14.8 Å². The zero-order valence-corrected chi connectivity index (χ0v) is 17.3. The first-order valence-electron chi connectivity index (χ1n) is 9.61. The van der Waals surface area contributed by atoms with Gasteiger partial charge in [0, 0.05) is 27.9 Å². The van der Waals surface area contributed by atoms with Crippen LogP contribution in [0, 0.1) is 0 Å². The Morgan fingerprint density at radius 2 is 1.84 bits per heavy atom. The zero-order chi connectivity index (χ0) is 21.4. The van der Waals surface area contributed by atoms with E-state index in [1.54, 1.807) is 12.1 Å². The molecule has 0 fully saturated rings. The van der Waals surface area contributed by atoms with Crippen LogP contribution in [0.5, 0.6) is 0 Å². The minimum Gasteiger partial charge on any atom is -0.465 e. The number of fused-ring (bicyclic) bond motifs is 3. The predicted molar refractivity (Wildman–Crippen MR) is 122 cm³/mol. The van der Waals surface area contributed by atoms with E-state index in [-0.39, 0.29) is 0 Å². The summed E-state index contributed by atoms with van der Waals surface area (Å²) in [6, 6.07) is 22.6. The Morgan fingerprint density at radius 3 is 2.61 bits per heavy atom. The minimum atomic E-state index is -0.416. The number of carbonyl (C=O) groups excluding carboxylic acids is 1. The van der Waals surface area contributed by atoms with Gasteiger partial charge in [0.1, 0.15) is 5.65 Å². The van der Waals surface area contributed by atoms with Crippen LogP contribution in [0.25, 0.3) is 27.8 Å². The molecule has 2 aromatic heterocycles. The van der Waals surface area contributed by atoms with E-state index in [4.69, 9.17) is 26.3 Å². The molecule has 2 heterocycles. The summed E-state index contributed by atoms with van der Waals surface area (Å²) in [6.07, 6.45) is 1.94. The van der Waals surface area contributed by atoms with Crippen LogP contribution in [-0.4, -0.2) is 27.4 Å². The normalized spacial score (nSPS) is 11.0. The average Bonchev–Trinajstić information content (AvgIpc) is 3.25. The largest absolute Gasteiger partial charge is 0.465 e. The number of halogens is 1. The molecule has 1 N–H and O–H groups in total. The first kappa shape index (κ1) is 19.1. The fourth-order valence-electron chi connectivity index (χ4n) is 3.49. The second-order valence-electron chi connectivity index (χ2n) is 6.98. The van der Waals surface area contributed by atoms with Gasteiger partial charge in [-0.05, 0) is 36.4 Å². The van der Waals surface area contributed by atoms with Crippen LogP contribution < -0.4 is 5.32 Å². The van der Waals surface area contributed by atoms with Crippen molar-refractivity contribution in [2.24, 2.45) is 0 Å². The molecule has 31 heavy (non-hydrogen) atoms. The Morgan fingerprint density at radius 1 is 1.00 bits per heavy atom. The molecule has 0 saturated heterocycles. The number of carbonyl (C=O) groups is 1. The van der Waals surface area contributed by atoms with Crippen molar-refractivity contribution >= 4 is 45.8 Å². The SMILES string of the molecule is COC(=O)c1ccc2c(c1)nc(Nc1cccc(Cl)c1)n1cc(-c3ccccc3)nc21. The number of nitrogens with one attached hydrogen (secondary N) is 1. The number of hydrogen-bond acceptors (Lipinski definition) is 5. The number of aromatic nitrogens is 3. The van der Waals surface area contributed by atoms with Gasteiger partial charge in [0.05, 0.1) is 23.9 Å². The number of imidazole rings is 1. The van der Waals surface area contributed by atoms with Crippen LogP contribution in [0.4, 0.5) is 11.6 Å². The highest BCUT2D eigenvalue weighted by molar-refractivity contribution is 6.30. The molecule has 0 atom stereocenters. The van der Waals surface area contributed by atoms with Crippen LogP contribution in [0.2, 0.25) is 5.02 Å². The van der Waals surface area contributed by atoms with Gasteiger partial charge in [0.2, 0.25) is 5.95 Å². The maximum atomic E-state index is 12.0. The summed E-state index contributed by atoms with van der Waals surface area (Å²) in [7, 11) is 1.36. The smallest absolute Gasteiger partial charge is 0.337 e. The molecule has 0 spiro atoms. The molecule has 0 aliphatic carbocycles. The lowest BCUT2D eigenvalue weighted by molar-refractivity contribution is 0.0601. The van der Waals surface area contributed by atoms with Crippen molar-refractivity contribution < 1.29 is 9.53 Å². The molecular weight excluding hydrogens is 412 g/mol. The van der Waals surface area contributed by atoms with E-state index < -0.39 is 5.97 Å². The van der Waals surface area contributed by atoms with Crippen LogP contribution in [-0.2, 0) is 4.74 Å². The van der Waals surface area contributed by atoms with Crippen molar-refractivity contribution in [2.75, 3.05) is 12.4 Å². The first-order chi connectivity index (χ1) is 15.1. The Hall–Kier alpha value is -3.90. The highest BCUT2D eigenvalue weighted by Crippen LogP contribution is 2.29. The van der Waals surface area contributed by atoms with Gasteiger partial charge >= 0.3 is 5.97 Å². The van der Waals surface area contributed by atoms with E-state index in [0.29, 0.717) is 22.1 Å². The molecule has 3 aromatic carbocycles. The monoisotopic (exact) mass is 428 g/mol. The fourth-order valence-corrected chi connectivity index (χ4v) is 3.68. The molecule has 5 aromatic rings. The van der Waals surface area contributed by atoms with E-state index in [9.17, 15) is 4.79 Å². The van der Waals surface area contributed by atoms with Crippen molar-refractivity contribution in [3.05, 3.63) is 89.6 Å². The third-order valence-electron chi connectivity index (χ3n) is 4.97. The van der Waals surface area contributed by atoms with Crippen LogP contribution in [0.1, 0.15) is 10.4 Å². The number of anilines is 2. The quantitative estimate of drug-likeness (QED) is 0.370. The summed E-state index contributed by atoms with van der Waals surface area (Å²) >= 11 is 6.15. The number of hydrogen-bond donors (Lipinski definition) is 1. The number of rotatable bonds is 4. The second kappa shape index (κ2) is 7.74. The molecule has 5 rings (SSSR count). The van der Waals surface area contributed by atoms with E-state index in [0.717, 1.165) is 28.0 Å². The fraction of sp³-hybridized carbons (Fsp3) is 0.0417. The summed E-state index contributed by atoms with van der Waals surface area (Å²) in [5.41, 5.74) is 4.39. The number of nitrogens with zero attached hydrogens (tertiary/aromatic N) is 3. The topological polar surface area (TPSA) is 68.5 Å². The van der Waals surface area contributed by atoms with Crippen molar-refractivity contribution in [1.82, 2.24) is 14.4 Å². The van der Waals surface area contributed by atoms with Crippen molar-refractivity contribution in [2.45, 2.75) is 0 Å². The van der Waals surface area contributed by atoms with Gasteiger partial charge in [0.25, 0.3) is 0 Å². The molecule has 0 bridgehead atoms. The molecule has 0 aliphatic heterocycles. The summed E-state index contributed by atoms with van der Waals surface area (Å²) in [5.74, 6) is 0.141. The number of benzene rings is 3. The molecule has 0 unspecified atom stereocenters. The van der Waals surface area contributed by atoms with E-state index in [1.165, 1.54) is 7.11 Å². The van der Waals surface area contributed by atoms with Crippen molar-refractivity contribution in [3.63, 3.8) is 0 Å². The van der Waals surface area contributed by atoms with Crippen LogP contribution in [0.3, 0.4) is 0 Å². The first-order valence-corrected chi connectivity index (χ1v) is 9.99. The lowest BCUT2D eigenvalue weighted by atomic mass is 10.1. The second-order valence-corrected chi connectivity index (χ2v) is 7.42. The molecule has 0 amide bonds. The number of esters is 1. The van der Waals surface area contributed by atoms with E-state index >= 15 is 0 Å². The van der Waals surface area contributed by atoms with Crippen molar-refractivity contribution in [1.29, 1.82) is 0 Å². The third kappa shape index (κ3) is 3.58. The van der Waals surface area contributed by atoms with E-state index in [1.807, 2.05) is 71.3 Å². The van der Waals surface area contributed by atoms with Crippen LogP contribution >= 0.6 is 11.6 Å². The third-order valence-corrected chi connectivity index (χ3v) is 5.21. The molecular formula is C24H17ClN4O2. The molecule has 0 aliphatic rings. The molecule has 0 saturated carbocycles. The summed E-state index contributed by atoms with van der Waals surface area (Å²) in [6.45, 7) is 0. The van der Waals surface area contributed by atoms with Crippen molar-refractivity contribution in [3.8, 4) is 11.3 Å². The standard InChI is InChI=1S/C24H17ClN4O2/c1-31-23(30)16-10-11-19-20(12-16)28-24(26-18-9-5-8-17(25)13-18)29-14-21(27-22(19)29)15-6-3-2-4-7-15/h2-14H,1H3,(H,26,28). The van der Waals surface area contributed by atoms with E-state index in [2.05, 4.69) is 5.32 Å². The molecule has 6 nitrogen and oxygen atoms in total. The summed E-state index contributed by atoms with van der Waals surface area (Å²) in [5, 5.41) is 4.76. The Kier molecular flexibility index (Phi) is 4.76. The van der Waals surface area contributed by atoms with Gasteiger partial charge in [-0.1, -0.05) is 48.0 Å². The van der Waals surface area contributed by atoms with Gasteiger partial charge in [-0.2, -0.15) is 0 Å². The Bertz CT molecular complexity index is 1430. The zero-order valence-electron chi connectivity index (χ0n) is 16.5. The van der Waals surface area contributed by atoms with Gasteiger partial charge in [-0.15, -0.1) is 0 Å². The van der Waals surface area contributed by atoms with Gasteiger partial charge in [-0.3, -0.25) is 4.40 Å². The van der Waals surface area contributed by atoms with Crippen LogP contribution in [0.15, 0.2) is 79.0 Å². The maximum absolute atomic E-state index is 12.0. The van der Waals surface area contributed by atoms with Gasteiger partial charge in [0.15, 0.2) is 0 Å². The molecule has 152 valence electrons. The maximum Gasteiger partial charge on any atom is 0.337 e. The lowest BCUT2D eigenvalue weighted by Gasteiger charge is -2.11. The lowest BCUT2D eigenvalue weighted by Crippen LogP contribution is -2.04. The Balaban J connectivity index is 1.74. The highest BCUT2D eigenvalue weighted by atomic mass is 35.5.